The fourth-order valence-electron chi connectivity index (χ4n) is 2.76. The molecule has 0 fully saturated rings. The highest BCUT2D eigenvalue weighted by Crippen LogP contribution is 2.24. The van der Waals surface area contributed by atoms with Crippen LogP contribution in [0.1, 0.15) is 17.0 Å². The van der Waals surface area contributed by atoms with Crippen molar-refractivity contribution in [3.63, 3.8) is 0 Å². The number of anilines is 1. The number of benzene rings is 1. The van der Waals surface area contributed by atoms with Crippen LogP contribution in [0.3, 0.4) is 0 Å². The summed E-state index contributed by atoms with van der Waals surface area (Å²) in [6, 6.07) is 9.42. The molecule has 0 unspecified atom stereocenters. The van der Waals surface area contributed by atoms with Crippen LogP contribution in [0.5, 0.6) is 5.75 Å². The lowest BCUT2D eigenvalue weighted by molar-refractivity contribution is 0.195. The van der Waals surface area contributed by atoms with Gasteiger partial charge < -0.3 is 24.9 Å². The standard InChI is InChI=1S/C20H21FN4O4/c1-12-5-14(6-13(2)24-12)9-22-19-25-17-4-3-16(7-18(17)29-19)28-11-15(8-21)10-23-20(26)27/h3-8,23H,9-11H2,1-2H3,(H,22,25)(H,26,27)/b15-8-. The quantitative estimate of drug-likeness (QED) is 0.525. The molecule has 3 rings (SSSR count). The van der Waals surface area contributed by atoms with Crippen LogP contribution < -0.4 is 15.4 Å². The van der Waals surface area contributed by atoms with E-state index in [1.165, 1.54) is 0 Å². The summed E-state index contributed by atoms with van der Waals surface area (Å²) < 4.78 is 24.0. The molecule has 152 valence electrons. The van der Waals surface area contributed by atoms with E-state index in [0.717, 1.165) is 17.0 Å². The van der Waals surface area contributed by atoms with E-state index in [4.69, 9.17) is 14.3 Å². The van der Waals surface area contributed by atoms with Crippen LogP contribution in [0.2, 0.25) is 0 Å². The maximum atomic E-state index is 12.8. The van der Waals surface area contributed by atoms with Crippen molar-refractivity contribution < 1.29 is 23.4 Å². The number of oxazole rings is 1. The average molecular weight is 400 g/mol. The lowest BCUT2D eigenvalue weighted by atomic mass is 10.2. The van der Waals surface area contributed by atoms with Gasteiger partial charge in [0, 0.05) is 36.1 Å². The molecule has 0 spiro atoms. The van der Waals surface area contributed by atoms with E-state index in [0.29, 0.717) is 35.7 Å². The van der Waals surface area contributed by atoms with Crippen molar-refractivity contribution >= 4 is 23.2 Å². The predicted molar refractivity (Wildman–Crippen MR) is 106 cm³/mol. The first-order valence-electron chi connectivity index (χ1n) is 8.89. The second-order valence-electron chi connectivity index (χ2n) is 6.47. The van der Waals surface area contributed by atoms with Crippen molar-refractivity contribution in [3.8, 4) is 5.75 Å². The Morgan fingerprint density at radius 1 is 1.24 bits per heavy atom. The molecule has 0 bridgehead atoms. The molecule has 1 amide bonds. The fraction of sp³-hybridized carbons (Fsp3) is 0.250. The molecule has 3 N–H and O–H groups in total. The zero-order valence-electron chi connectivity index (χ0n) is 16.0. The molecule has 0 atom stereocenters. The SMILES string of the molecule is Cc1cc(CNc2nc3ccc(OC/C(=C\F)CNC(=O)O)cc3o2)cc(C)n1. The van der Waals surface area contributed by atoms with Gasteiger partial charge in [-0.1, -0.05) is 0 Å². The molecule has 0 radical (unpaired) electrons. The lowest BCUT2D eigenvalue weighted by Crippen LogP contribution is -2.25. The third kappa shape index (κ3) is 5.68. The molecule has 0 saturated heterocycles. The monoisotopic (exact) mass is 400 g/mol. The van der Waals surface area contributed by atoms with Gasteiger partial charge in [0.2, 0.25) is 0 Å². The summed E-state index contributed by atoms with van der Waals surface area (Å²) in [7, 11) is 0. The molecule has 0 saturated carbocycles. The average Bonchev–Trinajstić information content (AvgIpc) is 3.08. The molecule has 9 heteroatoms. The van der Waals surface area contributed by atoms with Crippen LogP contribution in [0.4, 0.5) is 15.2 Å². The zero-order valence-corrected chi connectivity index (χ0v) is 16.0. The third-order valence-corrected chi connectivity index (χ3v) is 3.99. The van der Waals surface area contributed by atoms with Gasteiger partial charge in [0.25, 0.3) is 6.01 Å². The number of nitrogens with zero attached hydrogens (tertiary/aromatic N) is 2. The topological polar surface area (TPSA) is 110 Å². The normalized spacial score (nSPS) is 11.5. The minimum absolute atomic E-state index is 0.0950. The summed E-state index contributed by atoms with van der Waals surface area (Å²) in [5.41, 5.74) is 4.29. The summed E-state index contributed by atoms with van der Waals surface area (Å²) in [5.74, 6) is 0.454. The van der Waals surface area contributed by atoms with Gasteiger partial charge in [-0.25, -0.2) is 9.18 Å². The first-order chi connectivity index (χ1) is 13.9. The van der Waals surface area contributed by atoms with Gasteiger partial charge in [0.15, 0.2) is 5.58 Å². The van der Waals surface area contributed by atoms with Gasteiger partial charge in [0.1, 0.15) is 17.9 Å². The van der Waals surface area contributed by atoms with Crippen LogP contribution in [0.25, 0.3) is 11.1 Å². The number of carbonyl (C=O) groups is 1. The number of aryl methyl sites for hydroxylation is 2. The summed E-state index contributed by atoms with van der Waals surface area (Å²) in [6.45, 7) is 4.18. The van der Waals surface area contributed by atoms with Crippen LogP contribution >= 0.6 is 0 Å². The summed E-state index contributed by atoms with van der Waals surface area (Å²) in [5, 5.41) is 13.8. The van der Waals surface area contributed by atoms with Gasteiger partial charge in [-0.3, -0.25) is 4.98 Å². The number of pyridine rings is 1. The summed E-state index contributed by atoms with van der Waals surface area (Å²) in [6.07, 6.45) is -0.905. The molecule has 29 heavy (non-hydrogen) atoms. The number of nitrogens with one attached hydrogen (secondary N) is 2. The second-order valence-corrected chi connectivity index (χ2v) is 6.47. The second kappa shape index (κ2) is 9.05. The number of hydrogen-bond donors (Lipinski definition) is 3. The van der Waals surface area contributed by atoms with Gasteiger partial charge in [-0.2, -0.15) is 4.98 Å². The number of aromatic nitrogens is 2. The Morgan fingerprint density at radius 3 is 2.69 bits per heavy atom. The number of halogens is 1. The Hall–Kier alpha value is -3.62. The number of carboxylic acid groups (broad SMARTS) is 1. The Balaban J connectivity index is 1.62. The fourth-order valence-corrected chi connectivity index (χ4v) is 2.76. The number of hydrogen-bond acceptors (Lipinski definition) is 6. The van der Waals surface area contributed by atoms with E-state index in [1.807, 2.05) is 26.0 Å². The first kappa shape index (κ1) is 20.1. The summed E-state index contributed by atoms with van der Waals surface area (Å²) >= 11 is 0. The Morgan fingerprint density at radius 2 is 2.00 bits per heavy atom. The van der Waals surface area contributed by atoms with E-state index in [9.17, 15) is 9.18 Å². The van der Waals surface area contributed by atoms with Gasteiger partial charge in [-0.05, 0) is 43.7 Å². The van der Waals surface area contributed by atoms with E-state index < -0.39 is 6.09 Å². The van der Waals surface area contributed by atoms with E-state index >= 15 is 0 Å². The maximum absolute atomic E-state index is 12.8. The number of ether oxygens (including phenoxy) is 1. The molecule has 2 aromatic heterocycles. The number of fused-ring (bicyclic) bond motifs is 1. The van der Waals surface area contributed by atoms with Crippen molar-refractivity contribution in [1.82, 2.24) is 15.3 Å². The molecule has 0 aliphatic carbocycles. The largest absolute Gasteiger partial charge is 0.489 e. The number of amides is 1. The van der Waals surface area contributed by atoms with E-state index in [-0.39, 0.29) is 18.7 Å². The lowest BCUT2D eigenvalue weighted by Gasteiger charge is -2.08. The zero-order chi connectivity index (χ0) is 20.8. The van der Waals surface area contributed by atoms with Gasteiger partial charge in [-0.15, -0.1) is 0 Å². The first-order valence-corrected chi connectivity index (χ1v) is 8.89. The molecular formula is C20H21FN4O4. The molecule has 0 aliphatic heterocycles. The molecular weight excluding hydrogens is 379 g/mol. The Kier molecular flexibility index (Phi) is 6.28. The van der Waals surface area contributed by atoms with Gasteiger partial charge >= 0.3 is 6.09 Å². The van der Waals surface area contributed by atoms with E-state index in [1.54, 1.807) is 18.2 Å². The van der Waals surface area contributed by atoms with Crippen LogP contribution in [-0.2, 0) is 6.54 Å². The minimum atomic E-state index is -1.23. The Bertz CT molecular complexity index is 1030. The highest BCUT2D eigenvalue weighted by molar-refractivity contribution is 5.76. The molecule has 1 aromatic carbocycles. The van der Waals surface area contributed by atoms with Crippen LogP contribution in [-0.4, -0.2) is 34.3 Å². The molecule has 3 aromatic rings. The Labute approximate surface area is 166 Å². The van der Waals surface area contributed by atoms with Crippen molar-refractivity contribution in [2.75, 3.05) is 18.5 Å². The van der Waals surface area contributed by atoms with Crippen LogP contribution in [0.15, 0.2) is 46.7 Å². The predicted octanol–water partition coefficient (Wildman–Crippen LogP) is 3.95. The summed E-state index contributed by atoms with van der Waals surface area (Å²) in [4.78, 5) is 19.2. The highest BCUT2D eigenvalue weighted by Gasteiger charge is 2.09. The van der Waals surface area contributed by atoms with Crippen molar-refractivity contribution in [1.29, 1.82) is 0 Å². The highest BCUT2D eigenvalue weighted by atomic mass is 19.1. The van der Waals surface area contributed by atoms with E-state index in [2.05, 4.69) is 20.6 Å². The third-order valence-electron chi connectivity index (χ3n) is 3.99. The minimum Gasteiger partial charge on any atom is -0.489 e. The van der Waals surface area contributed by atoms with Crippen LogP contribution in [0, 0.1) is 13.8 Å². The molecule has 0 aliphatic rings. The van der Waals surface area contributed by atoms with Gasteiger partial charge in [0.05, 0.1) is 6.33 Å². The molecule has 2 heterocycles. The smallest absolute Gasteiger partial charge is 0.404 e. The van der Waals surface area contributed by atoms with Crippen molar-refractivity contribution in [3.05, 3.63) is 59.2 Å². The van der Waals surface area contributed by atoms with Crippen molar-refractivity contribution in [2.45, 2.75) is 20.4 Å². The number of rotatable bonds is 8. The molecule has 8 nitrogen and oxygen atoms in total. The van der Waals surface area contributed by atoms with Crippen molar-refractivity contribution in [2.24, 2.45) is 0 Å². The maximum Gasteiger partial charge on any atom is 0.404 e.